The molecule has 2 atom stereocenters. The quantitative estimate of drug-likeness (QED) is 0.541. The maximum Gasteiger partial charge on any atom is 0.320 e. The Morgan fingerprint density at radius 1 is 1.42 bits per heavy atom. The van der Waals surface area contributed by atoms with Crippen molar-refractivity contribution in [1.82, 2.24) is 0 Å². The number of aliphatic carboxylic acids is 2. The minimum atomic E-state index is -1.09. The molecule has 0 aliphatic carbocycles. The molecule has 0 spiro atoms. The number of carbonyl (C=O) groups is 2. The van der Waals surface area contributed by atoms with Crippen LogP contribution in [0.1, 0.15) is 19.8 Å². The van der Waals surface area contributed by atoms with Crippen molar-refractivity contribution in [3.05, 3.63) is 0 Å². The van der Waals surface area contributed by atoms with E-state index >= 15 is 0 Å². The van der Waals surface area contributed by atoms with Crippen molar-refractivity contribution in [1.29, 1.82) is 0 Å². The smallest absolute Gasteiger partial charge is 0.320 e. The van der Waals surface area contributed by atoms with E-state index in [0.29, 0.717) is 0 Å². The summed E-state index contributed by atoms with van der Waals surface area (Å²) >= 11 is 0. The van der Waals surface area contributed by atoms with E-state index in [9.17, 15) is 9.59 Å². The predicted molar refractivity (Wildman–Crippen MR) is 41.6 cm³/mol. The van der Waals surface area contributed by atoms with E-state index in [0.717, 1.165) is 0 Å². The van der Waals surface area contributed by atoms with Crippen LogP contribution >= 0.6 is 0 Å². The molecule has 0 aromatic carbocycles. The highest BCUT2D eigenvalue weighted by molar-refractivity contribution is 5.73. The van der Waals surface area contributed by atoms with Gasteiger partial charge in [0.2, 0.25) is 0 Å². The van der Waals surface area contributed by atoms with Gasteiger partial charge in [-0.3, -0.25) is 9.59 Å². The molecule has 5 nitrogen and oxygen atoms in total. The molecule has 12 heavy (non-hydrogen) atoms. The van der Waals surface area contributed by atoms with Gasteiger partial charge in [-0.2, -0.15) is 0 Å². The maximum atomic E-state index is 10.2. The second-order valence-corrected chi connectivity index (χ2v) is 2.88. The van der Waals surface area contributed by atoms with Crippen molar-refractivity contribution >= 4 is 11.9 Å². The van der Waals surface area contributed by atoms with Crippen LogP contribution < -0.4 is 5.73 Å². The third kappa shape index (κ3) is 4.68. The Labute approximate surface area is 70.2 Å². The van der Waals surface area contributed by atoms with Crippen molar-refractivity contribution in [3.8, 4) is 0 Å². The number of hydrogen-bond donors (Lipinski definition) is 3. The summed E-state index contributed by atoms with van der Waals surface area (Å²) in [5, 5.41) is 16.7. The number of nitrogens with two attached hydrogens (primary N) is 1. The molecule has 0 saturated heterocycles. The highest BCUT2D eigenvalue weighted by atomic mass is 16.4. The molecular weight excluding hydrogens is 162 g/mol. The van der Waals surface area contributed by atoms with Gasteiger partial charge >= 0.3 is 11.9 Å². The van der Waals surface area contributed by atoms with E-state index in [2.05, 4.69) is 0 Å². The van der Waals surface area contributed by atoms with Crippen LogP contribution in [0.5, 0.6) is 0 Å². The summed E-state index contributed by atoms with van der Waals surface area (Å²) in [5.74, 6) is -2.22. The minimum absolute atomic E-state index is 0.0407. The Morgan fingerprint density at radius 2 is 1.92 bits per heavy atom. The van der Waals surface area contributed by atoms with Crippen molar-refractivity contribution in [2.75, 3.05) is 0 Å². The Kier molecular flexibility index (Phi) is 4.28. The van der Waals surface area contributed by atoms with Crippen LogP contribution in [-0.2, 0) is 9.59 Å². The molecule has 70 valence electrons. The average molecular weight is 175 g/mol. The maximum absolute atomic E-state index is 10.2. The largest absolute Gasteiger partial charge is 0.481 e. The molecule has 0 bridgehead atoms. The predicted octanol–water partition coefficient (Wildman–Crippen LogP) is -0.101. The first-order chi connectivity index (χ1) is 5.43. The number of carboxylic acids is 2. The van der Waals surface area contributed by atoms with Gasteiger partial charge < -0.3 is 15.9 Å². The van der Waals surface area contributed by atoms with E-state index in [-0.39, 0.29) is 18.8 Å². The Morgan fingerprint density at radius 3 is 2.25 bits per heavy atom. The molecule has 0 heterocycles. The summed E-state index contributed by atoms with van der Waals surface area (Å²) in [5.41, 5.74) is 5.20. The first-order valence-electron chi connectivity index (χ1n) is 3.63. The van der Waals surface area contributed by atoms with Crippen LogP contribution in [0.2, 0.25) is 0 Å². The van der Waals surface area contributed by atoms with Gasteiger partial charge in [0.1, 0.15) is 6.04 Å². The third-order valence-electron chi connectivity index (χ3n) is 1.50. The van der Waals surface area contributed by atoms with Gasteiger partial charge in [0.05, 0.1) is 0 Å². The third-order valence-corrected chi connectivity index (χ3v) is 1.50. The van der Waals surface area contributed by atoms with Crippen molar-refractivity contribution < 1.29 is 19.8 Å². The zero-order chi connectivity index (χ0) is 9.72. The minimum Gasteiger partial charge on any atom is -0.481 e. The Hall–Kier alpha value is -1.10. The molecular formula is C7H13NO4. The second kappa shape index (κ2) is 4.71. The van der Waals surface area contributed by atoms with Crippen molar-refractivity contribution in [2.45, 2.75) is 25.8 Å². The zero-order valence-electron chi connectivity index (χ0n) is 6.86. The van der Waals surface area contributed by atoms with Crippen LogP contribution in [0.3, 0.4) is 0 Å². The molecule has 0 rings (SSSR count). The number of carboxylic acid groups (broad SMARTS) is 2. The summed E-state index contributed by atoms with van der Waals surface area (Å²) in [6.45, 7) is 1.66. The molecule has 4 N–H and O–H groups in total. The SMILES string of the molecule is C[C@H](CC(=O)O)C[C@H](N)C(=O)O. The van der Waals surface area contributed by atoms with Crippen LogP contribution in [0, 0.1) is 5.92 Å². The Bertz CT molecular complexity index is 180. The summed E-state index contributed by atoms with van der Waals surface area (Å²) in [4.78, 5) is 20.4. The van der Waals surface area contributed by atoms with E-state index in [1.807, 2.05) is 0 Å². The van der Waals surface area contributed by atoms with Crippen LogP contribution in [0.15, 0.2) is 0 Å². The van der Waals surface area contributed by atoms with E-state index in [1.54, 1.807) is 6.92 Å². The highest BCUT2D eigenvalue weighted by Crippen LogP contribution is 2.09. The monoisotopic (exact) mass is 175 g/mol. The fourth-order valence-corrected chi connectivity index (χ4v) is 0.916. The van der Waals surface area contributed by atoms with Crippen molar-refractivity contribution in [2.24, 2.45) is 11.7 Å². The van der Waals surface area contributed by atoms with E-state index in [1.165, 1.54) is 0 Å². The molecule has 0 unspecified atom stereocenters. The topological polar surface area (TPSA) is 101 Å². The molecule has 0 fully saturated rings. The lowest BCUT2D eigenvalue weighted by Crippen LogP contribution is -2.32. The molecule has 0 aromatic heterocycles. The lowest BCUT2D eigenvalue weighted by atomic mass is 9.99. The first-order valence-corrected chi connectivity index (χ1v) is 3.63. The summed E-state index contributed by atoms with van der Waals surface area (Å²) in [6, 6.07) is -0.959. The van der Waals surface area contributed by atoms with Crippen LogP contribution in [-0.4, -0.2) is 28.2 Å². The van der Waals surface area contributed by atoms with Crippen LogP contribution in [0.25, 0.3) is 0 Å². The first kappa shape index (κ1) is 10.9. The fourth-order valence-electron chi connectivity index (χ4n) is 0.916. The molecule has 0 aromatic rings. The average Bonchev–Trinajstić information content (AvgIpc) is 1.84. The fraction of sp³-hybridized carbons (Fsp3) is 0.714. The molecule has 0 aliphatic heterocycles. The second-order valence-electron chi connectivity index (χ2n) is 2.88. The van der Waals surface area contributed by atoms with E-state index < -0.39 is 18.0 Å². The van der Waals surface area contributed by atoms with Crippen molar-refractivity contribution in [3.63, 3.8) is 0 Å². The lowest BCUT2D eigenvalue weighted by molar-refractivity contribution is -0.141. The molecule has 0 aliphatic rings. The molecule has 0 radical (unpaired) electrons. The number of rotatable bonds is 5. The molecule has 0 saturated carbocycles. The van der Waals surface area contributed by atoms with Gasteiger partial charge in [-0.1, -0.05) is 6.92 Å². The lowest BCUT2D eigenvalue weighted by Gasteiger charge is -2.11. The summed E-state index contributed by atoms with van der Waals surface area (Å²) < 4.78 is 0. The van der Waals surface area contributed by atoms with Gasteiger partial charge in [0, 0.05) is 6.42 Å². The van der Waals surface area contributed by atoms with Gasteiger partial charge in [-0.15, -0.1) is 0 Å². The van der Waals surface area contributed by atoms with Gasteiger partial charge in [-0.05, 0) is 12.3 Å². The Balaban J connectivity index is 3.76. The highest BCUT2D eigenvalue weighted by Gasteiger charge is 2.17. The molecule has 5 heteroatoms. The van der Waals surface area contributed by atoms with Gasteiger partial charge in [-0.25, -0.2) is 0 Å². The van der Waals surface area contributed by atoms with Gasteiger partial charge in [0.25, 0.3) is 0 Å². The van der Waals surface area contributed by atoms with E-state index in [4.69, 9.17) is 15.9 Å². The van der Waals surface area contributed by atoms with Gasteiger partial charge in [0.15, 0.2) is 0 Å². The standard InChI is InChI=1S/C7H13NO4/c1-4(3-6(9)10)2-5(8)7(11)12/h4-5H,2-3,8H2,1H3,(H,9,10)(H,11,12)/t4-,5-/m0/s1. The molecule has 0 amide bonds. The summed E-state index contributed by atoms with van der Waals surface area (Å²) in [7, 11) is 0. The zero-order valence-corrected chi connectivity index (χ0v) is 6.86. The normalized spacial score (nSPS) is 15.2. The summed E-state index contributed by atoms with van der Waals surface area (Å²) in [6.07, 6.45) is 0.155. The number of hydrogen-bond acceptors (Lipinski definition) is 3. The van der Waals surface area contributed by atoms with Crippen LogP contribution in [0.4, 0.5) is 0 Å².